The first-order valence-corrected chi connectivity index (χ1v) is 8.15. The predicted molar refractivity (Wildman–Crippen MR) is 61.0 cm³/mol. The van der Waals surface area contributed by atoms with E-state index in [0.29, 0.717) is 51.4 Å². The van der Waals surface area contributed by atoms with Crippen LogP contribution in [0.25, 0.3) is 0 Å². The van der Waals surface area contributed by atoms with Gasteiger partial charge in [0.15, 0.2) is 9.84 Å². The Morgan fingerprint density at radius 2 is 0.895 bits per heavy atom. The second kappa shape index (κ2) is 10.1. The monoisotopic (exact) mass is 338 g/mol. The zero-order valence-electron chi connectivity index (χ0n) is 12.0. The smallest absolute Gasteiger partial charge is 0.852 e. The molecule has 0 aromatic rings. The summed E-state index contributed by atoms with van der Waals surface area (Å²) >= 11 is 0. The van der Waals surface area contributed by atoms with Gasteiger partial charge in [0.2, 0.25) is 0 Å². The molecule has 2 rings (SSSR count). The second-order valence-electron chi connectivity index (χ2n) is 5.39. The van der Waals surface area contributed by atoms with Crippen molar-refractivity contribution in [2.45, 2.75) is 74.1 Å². The molecular formula is C12H20K2O4S. The maximum atomic E-state index is 12.3. The molecule has 2 aliphatic rings. The van der Waals surface area contributed by atoms with Gasteiger partial charge in [-0.2, -0.15) is 0 Å². The molecule has 0 unspecified atom stereocenters. The summed E-state index contributed by atoms with van der Waals surface area (Å²) in [6.45, 7) is 0. The van der Waals surface area contributed by atoms with Crippen molar-refractivity contribution in [3.05, 3.63) is 0 Å². The van der Waals surface area contributed by atoms with Crippen LogP contribution in [0.3, 0.4) is 0 Å². The van der Waals surface area contributed by atoms with Crippen molar-refractivity contribution < 1.29 is 121 Å². The SMILES string of the molecule is O=S(=O)(C1CCC([O-])CC1)C1CCC([O-])CC1.[K+].[K+]. The van der Waals surface area contributed by atoms with E-state index in [4.69, 9.17) is 0 Å². The zero-order chi connectivity index (χ0) is 12.5. The third-order valence-electron chi connectivity index (χ3n) is 4.17. The second-order valence-corrected chi connectivity index (χ2v) is 7.90. The molecule has 0 atom stereocenters. The molecule has 2 fully saturated rings. The minimum atomic E-state index is -3.11. The van der Waals surface area contributed by atoms with Crippen molar-refractivity contribution in [2.24, 2.45) is 0 Å². The molecular weight excluding hydrogens is 318 g/mol. The van der Waals surface area contributed by atoms with E-state index in [1.54, 1.807) is 0 Å². The summed E-state index contributed by atoms with van der Waals surface area (Å²) < 4.78 is 24.7. The quantitative estimate of drug-likeness (QED) is 0.469. The van der Waals surface area contributed by atoms with Crippen molar-refractivity contribution >= 4 is 9.84 Å². The summed E-state index contributed by atoms with van der Waals surface area (Å²) in [6, 6.07) is 0. The number of sulfone groups is 1. The Hall–Kier alpha value is 3.14. The summed E-state index contributed by atoms with van der Waals surface area (Å²) in [5.74, 6) is 0. The van der Waals surface area contributed by atoms with Crippen molar-refractivity contribution in [1.29, 1.82) is 0 Å². The topological polar surface area (TPSA) is 80.3 Å². The average molecular weight is 339 g/mol. The van der Waals surface area contributed by atoms with Gasteiger partial charge in [-0.1, -0.05) is 25.7 Å². The number of rotatable bonds is 2. The van der Waals surface area contributed by atoms with E-state index in [-0.39, 0.29) is 113 Å². The molecule has 19 heavy (non-hydrogen) atoms. The number of hydrogen-bond donors (Lipinski definition) is 0. The van der Waals surface area contributed by atoms with Gasteiger partial charge in [0.25, 0.3) is 0 Å². The molecule has 100 valence electrons. The Bertz CT molecular complexity index is 317. The van der Waals surface area contributed by atoms with Crippen LogP contribution in [0.4, 0.5) is 0 Å². The molecule has 0 aromatic heterocycles. The van der Waals surface area contributed by atoms with Gasteiger partial charge in [-0.15, -0.1) is 12.2 Å². The van der Waals surface area contributed by atoms with E-state index in [9.17, 15) is 18.6 Å². The van der Waals surface area contributed by atoms with Crippen molar-refractivity contribution in [1.82, 2.24) is 0 Å². The van der Waals surface area contributed by atoms with E-state index >= 15 is 0 Å². The molecule has 0 saturated heterocycles. The first-order valence-electron chi connectivity index (χ1n) is 6.54. The van der Waals surface area contributed by atoms with Gasteiger partial charge in [0.1, 0.15) is 0 Å². The molecule has 2 saturated carbocycles. The molecule has 0 aromatic carbocycles. The van der Waals surface area contributed by atoms with E-state index < -0.39 is 22.0 Å². The fraction of sp³-hybridized carbons (Fsp3) is 1.00. The van der Waals surface area contributed by atoms with Crippen LogP contribution in [0.1, 0.15) is 51.4 Å². The third-order valence-corrected chi connectivity index (χ3v) is 6.97. The van der Waals surface area contributed by atoms with Crippen LogP contribution in [-0.4, -0.2) is 31.1 Å². The van der Waals surface area contributed by atoms with Gasteiger partial charge in [-0.05, 0) is 25.7 Å². The first-order chi connectivity index (χ1) is 8.00. The molecule has 7 heteroatoms. The van der Waals surface area contributed by atoms with Crippen molar-refractivity contribution in [3.8, 4) is 0 Å². The summed E-state index contributed by atoms with van der Waals surface area (Å²) in [7, 11) is -3.11. The molecule has 0 radical (unpaired) electrons. The van der Waals surface area contributed by atoms with Crippen LogP contribution in [0.2, 0.25) is 0 Å². The van der Waals surface area contributed by atoms with Crippen LogP contribution in [0.5, 0.6) is 0 Å². The largest absolute Gasteiger partial charge is 1.00 e. The van der Waals surface area contributed by atoms with Crippen molar-refractivity contribution in [3.63, 3.8) is 0 Å². The Kier molecular flexibility index (Phi) is 11.8. The van der Waals surface area contributed by atoms with E-state index in [1.807, 2.05) is 0 Å². The first kappa shape index (κ1) is 22.1. The van der Waals surface area contributed by atoms with Gasteiger partial charge in [-0.25, -0.2) is 8.42 Å². The third kappa shape index (κ3) is 6.27. The molecule has 2 aliphatic carbocycles. The maximum absolute atomic E-state index is 12.3. The molecule has 0 heterocycles. The Morgan fingerprint density at radius 3 is 1.16 bits per heavy atom. The summed E-state index contributed by atoms with van der Waals surface area (Å²) in [5.41, 5.74) is 0. The Labute approximate surface area is 201 Å². The summed E-state index contributed by atoms with van der Waals surface area (Å²) in [4.78, 5) is 0. The van der Waals surface area contributed by atoms with Gasteiger partial charge in [0, 0.05) is 0 Å². The maximum Gasteiger partial charge on any atom is 1.00 e. The minimum Gasteiger partial charge on any atom is -0.852 e. The van der Waals surface area contributed by atoms with Crippen LogP contribution in [-0.2, 0) is 9.84 Å². The van der Waals surface area contributed by atoms with Gasteiger partial charge in [-0.3, -0.25) is 0 Å². The fourth-order valence-corrected chi connectivity index (χ4v) is 5.40. The van der Waals surface area contributed by atoms with E-state index in [2.05, 4.69) is 0 Å². The van der Waals surface area contributed by atoms with Crippen molar-refractivity contribution in [2.75, 3.05) is 0 Å². The van der Waals surface area contributed by atoms with Crippen LogP contribution in [0, 0.1) is 0 Å². The van der Waals surface area contributed by atoms with E-state index in [1.165, 1.54) is 0 Å². The molecule has 0 amide bonds. The summed E-state index contributed by atoms with van der Waals surface area (Å²) in [5, 5.41) is 21.8. The predicted octanol–water partition coefficient (Wildman–Crippen LogP) is -6.25. The molecule has 0 spiro atoms. The standard InChI is InChI=1S/C12H20O4S.2K/c13-9-1-5-11(6-2-9)17(15,16)12-7-3-10(14)4-8-12;;/h9-12H,1-8H2;;/q-2;2*+1. The molecule has 0 bridgehead atoms. The zero-order valence-corrected chi connectivity index (χ0v) is 19.1. The minimum absolute atomic E-state index is 0. The normalized spacial score (nSPS) is 35.9. The number of hydrogen-bond acceptors (Lipinski definition) is 4. The van der Waals surface area contributed by atoms with Crippen LogP contribution >= 0.6 is 0 Å². The summed E-state index contributed by atoms with van der Waals surface area (Å²) in [6.07, 6.45) is 2.89. The van der Waals surface area contributed by atoms with Gasteiger partial charge in [0.05, 0.1) is 10.5 Å². The van der Waals surface area contributed by atoms with Gasteiger partial charge >= 0.3 is 103 Å². The molecule has 0 aliphatic heterocycles. The fourth-order valence-electron chi connectivity index (χ4n) is 2.99. The van der Waals surface area contributed by atoms with Gasteiger partial charge < -0.3 is 10.2 Å². The van der Waals surface area contributed by atoms with Crippen LogP contribution in [0.15, 0.2) is 0 Å². The molecule has 0 N–H and O–H groups in total. The van der Waals surface area contributed by atoms with E-state index in [0.717, 1.165) is 0 Å². The molecule has 4 nitrogen and oxygen atoms in total. The Morgan fingerprint density at radius 1 is 0.632 bits per heavy atom. The average Bonchev–Trinajstić information content (AvgIpc) is 2.30. The van der Waals surface area contributed by atoms with Crippen LogP contribution < -0.4 is 113 Å². The Balaban J connectivity index is 0.00000162.